The highest BCUT2D eigenvalue weighted by molar-refractivity contribution is 7.18. The molecule has 2 aromatic carbocycles. The molecule has 25 heavy (non-hydrogen) atoms. The van der Waals surface area contributed by atoms with E-state index in [0.29, 0.717) is 19.0 Å². The van der Waals surface area contributed by atoms with Gasteiger partial charge in [-0.1, -0.05) is 49.4 Å². The Balaban J connectivity index is 1.35. The van der Waals surface area contributed by atoms with Gasteiger partial charge in [0, 0.05) is 19.5 Å². The van der Waals surface area contributed by atoms with Crippen LogP contribution in [0.5, 0.6) is 0 Å². The van der Waals surface area contributed by atoms with Crippen molar-refractivity contribution >= 4 is 27.6 Å². The first-order valence-electron chi connectivity index (χ1n) is 8.63. The van der Waals surface area contributed by atoms with Crippen molar-refractivity contribution in [2.75, 3.05) is 13.1 Å². The zero-order valence-electron chi connectivity index (χ0n) is 14.4. The normalized spacial score (nSPS) is 12.0. The number of nitrogens with zero attached hydrogens (tertiary/aromatic N) is 1. The van der Waals surface area contributed by atoms with Crippen molar-refractivity contribution in [1.82, 2.24) is 15.6 Å². The molecule has 0 aliphatic carbocycles. The summed E-state index contributed by atoms with van der Waals surface area (Å²) in [4.78, 5) is 16.5. The molecule has 5 heteroatoms. The van der Waals surface area contributed by atoms with Gasteiger partial charge in [-0.3, -0.25) is 0 Å². The fourth-order valence-corrected chi connectivity index (χ4v) is 3.69. The number of carbonyl (C=O) groups is 1. The topological polar surface area (TPSA) is 54.0 Å². The van der Waals surface area contributed by atoms with Gasteiger partial charge >= 0.3 is 6.03 Å². The number of urea groups is 1. The maximum atomic E-state index is 11.9. The van der Waals surface area contributed by atoms with Gasteiger partial charge in [-0.2, -0.15) is 0 Å². The van der Waals surface area contributed by atoms with Crippen LogP contribution in [0.15, 0.2) is 54.6 Å². The van der Waals surface area contributed by atoms with E-state index in [1.807, 2.05) is 36.4 Å². The second-order valence-corrected chi connectivity index (χ2v) is 7.22. The van der Waals surface area contributed by atoms with Crippen molar-refractivity contribution in [2.45, 2.75) is 25.7 Å². The minimum Gasteiger partial charge on any atom is -0.338 e. The fraction of sp³-hybridized carbons (Fsp3) is 0.300. The maximum absolute atomic E-state index is 11.9. The van der Waals surface area contributed by atoms with Crippen molar-refractivity contribution < 1.29 is 4.79 Å². The second kappa shape index (κ2) is 8.62. The summed E-state index contributed by atoms with van der Waals surface area (Å²) < 4.78 is 1.19. The smallest absolute Gasteiger partial charge is 0.314 e. The van der Waals surface area contributed by atoms with Crippen LogP contribution in [0.4, 0.5) is 4.79 Å². The van der Waals surface area contributed by atoms with Crippen LogP contribution in [0.3, 0.4) is 0 Å². The molecule has 130 valence electrons. The van der Waals surface area contributed by atoms with E-state index in [-0.39, 0.29) is 6.03 Å². The van der Waals surface area contributed by atoms with Crippen molar-refractivity contribution in [3.8, 4) is 0 Å². The summed E-state index contributed by atoms with van der Waals surface area (Å²) in [5.41, 5.74) is 2.34. The van der Waals surface area contributed by atoms with E-state index in [1.165, 1.54) is 10.3 Å². The Morgan fingerprint density at radius 1 is 1.04 bits per heavy atom. The summed E-state index contributed by atoms with van der Waals surface area (Å²) in [7, 11) is 0. The summed E-state index contributed by atoms with van der Waals surface area (Å²) in [5.74, 6) is 0.434. The predicted octanol–water partition coefficient (Wildman–Crippen LogP) is 4.33. The van der Waals surface area contributed by atoms with Gasteiger partial charge in [0.1, 0.15) is 0 Å². The van der Waals surface area contributed by atoms with Crippen LogP contribution in [0, 0.1) is 0 Å². The lowest BCUT2D eigenvalue weighted by Crippen LogP contribution is -2.37. The lowest BCUT2D eigenvalue weighted by atomic mass is 9.98. The SMILES string of the molecule is CC(CCNC(=O)NCCc1nc2ccccc2s1)c1ccccc1. The third kappa shape index (κ3) is 5.03. The van der Waals surface area contributed by atoms with Gasteiger partial charge in [-0.25, -0.2) is 9.78 Å². The van der Waals surface area contributed by atoms with Crippen molar-refractivity contribution in [1.29, 1.82) is 0 Å². The maximum Gasteiger partial charge on any atom is 0.314 e. The Labute approximate surface area is 152 Å². The van der Waals surface area contributed by atoms with Gasteiger partial charge in [-0.05, 0) is 30.0 Å². The monoisotopic (exact) mass is 353 g/mol. The van der Waals surface area contributed by atoms with Crippen LogP contribution < -0.4 is 10.6 Å². The van der Waals surface area contributed by atoms with Gasteiger partial charge in [0.05, 0.1) is 15.2 Å². The largest absolute Gasteiger partial charge is 0.338 e. The minimum absolute atomic E-state index is 0.110. The summed E-state index contributed by atoms with van der Waals surface area (Å²) in [5, 5.41) is 6.89. The standard InChI is InChI=1S/C20H23N3OS/c1-15(16-7-3-2-4-8-16)11-13-21-20(24)22-14-12-19-23-17-9-5-6-10-18(17)25-19/h2-10,15H,11-14H2,1H3,(H2,21,22,24). The molecule has 0 spiro atoms. The van der Waals surface area contributed by atoms with Gasteiger partial charge in [0.25, 0.3) is 0 Å². The van der Waals surface area contributed by atoms with E-state index >= 15 is 0 Å². The van der Waals surface area contributed by atoms with E-state index < -0.39 is 0 Å². The molecule has 4 nitrogen and oxygen atoms in total. The van der Waals surface area contributed by atoms with Crippen LogP contribution in [0.2, 0.25) is 0 Å². The highest BCUT2D eigenvalue weighted by Crippen LogP contribution is 2.21. The molecule has 1 atom stereocenters. The molecule has 3 rings (SSSR count). The Morgan fingerprint density at radius 2 is 1.76 bits per heavy atom. The lowest BCUT2D eigenvalue weighted by Gasteiger charge is -2.12. The average molecular weight is 353 g/mol. The zero-order valence-corrected chi connectivity index (χ0v) is 15.2. The summed E-state index contributed by atoms with van der Waals surface area (Å²) in [6.07, 6.45) is 1.68. The third-order valence-corrected chi connectivity index (χ3v) is 5.29. The van der Waals surface area contributed by atoms with Crippen LogP contribution in [-0.4, -0.2) is 24.1 Å². The molecule has 0 fully saturated rings. The number of nitrogens with one attached hydrogen (secondary N) is 2. The van der Waals surface area contributed by atoms with Crippen molar-refractivity contribution in [2.24, 2.45) is 0 Å². The van der Waals surface area contributed by atoms with E-state index in [9.17, 15) is 4.79 Å². The number of benzene rings is 2. The first kappa shape index (κ1) is 17.4. The van der Waals surface area contributed by atoms with Crippen molar-refractivity contribution in [3.05, 3.63) is 65.2 Å². The number of hydrogen-bond acceptors (Lipinski definition) is 3. The van der Waals surface area contributed by atoms with E-state index in [0.717, 1.165) is 23.4 Å². The molecule has 1 unspecified atom stereocenters. The lowest BCUT2D eigenvalue weighted by molar-refractivity contribution is 0.240. The van der Waals surface area contributed by atoms with Gasteiger partial charge < -0.3 is 10.6 Å². The molecule has 0 radical (unpaired) electrons. The molecule has 2 amide bonds. The molecule has 0 aliphatic rings. The molecular weight excluding hydrogens is 330 g/mol. The Kier molecular flexibility index (Phi) is 6.01. The number of amides is 2. The first-order valence-corrected chi connectivity index (χ1v) is 9.45. The molecule has 3 aromatic rings. The van der Waals surface area contributed by atoms with Crippen LogP contribution >= 0.6 is 11.3 Å². The highest BCUT2D eigenvalue weighted by atomic mass is 32.1. The summed E-state index contributed by atoms with van der Waals surface area (Å²) in [6.45, 7) is 3.45. The van der Waals surface area contributed by atoms with Crippen molar-refractivity contribution in [3.63, 3.8) is 0 Å². The summed E-state index contributed by atoms with van der Waals surface area (Å²) in [6, 6.07) is 18.4. The molecule has 1 heterocycles. The van der Waals surface area contributed by atoms with E-state index in [2.05, 4.69) is 40.7 Å². The Bertz CT molecular complexity index is 783. The number of thiazole rings is 1. The summed E-state index contributed by atoms with van der Waals surface area (Å²) >= 11 is 1.69. The quantitative estimate of drug-likeness (QED) is 0.664. The number of fused-ring (bicyclic) bond motifs is 1. The van der Waals surface area contributed by atoms with Crippen LogP contribution in [0.1, 0.15) is 29.8 Å². The number of carbonyl (C=O) groups excluding carboxylic acids is 1. The number of para-hydroxylation sites is 1. The van der Waals surface area contributed by atoms with E-state index in [4.69, 9.17) is 0 Å². The average Bonchev–Trinajstić information content (AvgIpc) is 3.05. The molecule has 0 aliphatic heterocycles. The molecular formula is C20H23N3OS. The molecule has 0 saturated carbocycles. The van der Waals surface area contributed by atoms with Gasteiger partial charge in [0.2, 0.25) is 0 Å². The van der Waals surface area contributed by atoms with Gasteiger partial charge in [0.15, 0.2) is 0 Å². The molecule has 0 saturated heterocycles. The third-order valence-electron chi connectivity index (χ3n) is 4.19. The second-order valence-electron chi connectivity index (χ2n) is 6.11. The predicted molar refractivity (Wildman–Crippen MR) is 104 cm³/mol. The minimum atomic E-state index is -0.110. The van der Waals surface area contributed by atoms with Gasteiger partial charge in [-0.15, -0.1) is 11.3 Å². The Hall–Kier alpha value is -2.40. The van der Waals surface area contributed by atoms with Crippen LogP contribution in [-0.2, 0) is 6.42 Å². The van der Waals surface area contributed by atoms with Crippen LogP contribution in [0.25, 0.3) is 10.2 Å². The zero-order chi connectivity index (χ0) is 17.5. The highest BCUT2D eigenvalue weighted by Gasteiger charge is 2.07. The number of hydrogen-bond donors (Lipinski definition) is 2. The first-order chi connectivity index (χ1) is 12.2. The molecule has 2 N–H and O–H groups in total. The number of aromatic nitrogens is 1. The Morgan fingerprint density at radius 3 is 2.56 bits per heavy atom. The number of rotatable bonds is 7. The molecule has 1 aromatic heterocycles. The molecule has 0 bridgehead atoms. The fourth-order valence-electron chi connectivity index (χ4n) is 2.72. The van der Waals surface area contributed by atoms with E-state index in [1.54, 1.807) is 11.3 Å².